The van der Waals surface area contributed by atoms with Crippen molar-refractivity contribution in [1.29, 1.82) is 0 Å². The van der Waals surface area contributed by atoms with E-state index in [0.717, 1.165) is 45.7 Å². The number of amides is 1. The van der Waals surface area contributed by atoms with Gasteiger partial charge in [0.25, 0.3) is 0 Å². The molecule has 0 atom stereocenters. The van der Waals surface area contributed by atoms with E-state index < -0.39 is 0 Å². The van der Waals surface area contributed by atoms with Crippen molar-refractivity contribution >= 4 is 5.91 Å². The third-order valence-corrected chi connectivity index (χ3v) is 2.75. The van der Waals surface area contributed by atoms with E-state index in [9.17, 15) is 4.79 Å². The van der Waals surface area contributed by atoms with Crippen LogP contribution in [0.1, 0.15) is 19.8 Å². The molecule has 2 N–H and O–H groups in total. The molecule has 0 aromatic heterocycles. The summed E-state index contributed by atoms with van der Waals surface area (Å²) in [5.74, 6) is -0.0483. The molecule has 0 spiro atoms. The minimum Gasteiger partial charge on any atom is -0.380 e. The van der Waals surface area contributed by atoms with Gasteiger partial charge in [-0.05, 0) is 32.9 Å². The predicted octanol–water partition coefficient (Wildman–Crippen LogP) is 0.220. The van der Waals surface area contributed by atoms with Gasteiger partial charge in [-0.2, -0.15) is 0 Å². The normalized spacial score (nSPS) is 19.8. The molecule has 1 heterocycles. The summed E-state index contributed by atoms with van der Waals surface area (Å²) in [5.41, 5.74) is 5.25. The first kappa shape index (κ1) is 11.5. The molecular formula is C10H20N2O2. The van der Waals surface area contributed by atoms with Crippen LogP contribution < -0.4 is 5.73 Å². The molecule has 0 saturated carbocycles. The Morgan fingerprint density at radius 2 is 2.14 bits per heavy atom. The predicted molar refractivity (Wildman–Crippen MR) is 54.9 cm³/mol. The smallest absolute Gasteiger partial charge is 0.220 e. The van der Waals surface area contributed by atoms with Crippen molar-refractivity contribution in [3.05, 3.63) is 0 Å². The van der Waals surface area contributed by atoms with Crippen LogP contribution >= 0.6 is 0 Å². The maximum absolute atomic E-state index is 10.9. The van der Waals surface area contributed by atoms with Crippen molar-refractivity contribution < 1.29 is 9.53 Å². The van der Waals surface area contributed by atoms with Crippen LogP contribution in [-0.4, -0.2) is 43.7 Å². The second kappa shape index (κ2) is 5.98. The first-order valence-corrected chi connectivity index (χ1v) is 5.33. The summed E-state index contributed by atoms with van der Waals surface area (Å²) in [6, 6.07) is 0. The molecule has 0 aromatic carbocycles. The minimum absolute atomic E-state index is 0.0957. The van der Waals surface area contributed by atoms with Crippen LogP contribution in [0.3, 0.4) is 0 Å². The second-order valence-corrected chi connectivity index (χ2v) is 3.72. The summed E-state index contributed by atoms with van der Waals surface area (Å²) in [6.45, 7) is 6.48. The van der Waals surface area contributed by atoms with Gasteiger partial charge in [-0.15, -0.1) is 0 Å². The van der Waals surface area contributed by atoms with E-state index in [4.69, 9.17) is 10.5 Å². The highest BCUT2D eigenvalue weighted by molar-refractivity contribution is 5.76. The Morgan fingerprint density at radius 1 is 1.50 bits per heavy atom. The zero-order chi connectivity index (χ0) is 10.4. The number of likely N-dealkylation sites (tertiary alicyclic amines) is 1. The number of carbonyl (C=O) groups excluding carboxylic acids is 1. The molecule has 0 bridgehead atoms. The van der Waals surface area contributed by atoms with Gasteiger partial charge in [0.1, 0.15) is 0 Å². The quantitative estimate of drug-likeness (QED) is 0.646. The number of rotatable bonds is 5. The minimum atomic E-state index is -0.144. The Kier molecular flexibility index (Phi) is 4.90. The van der Waals surface area contributed by atoms with Crippen molar-refractivity contribution in [3.8, 4) is 0 Å². The molecule has 4 nitrogen and oxygen atoms in total. The molecule has 14 heavy (non-hydrogen) atoms. The van der Waals surface area contributed by atoms with Crippen molar-refractivity contribution in [1.82, 2.24) is 4.90 Å². The van der Waals surface area contributed by atoms with Gasteiger partial charge in [0, 0.05) is 19.1 Å². The van der Waals surface area contributed by atoms with E-state index in [2.05, 4.69) is 4.90 Å². The van der Waals surface area contributed by atoms with Crippen LogP contribution in [0.2, 0.25) is 0 Å². The van der Waals surface area contributed by atoms with Crippen LogP contribution in [0.15, 0.2) is 0 Å². The molecule has 4 heteroatoms. The van der Waals surface area contributed by atoms with Gasteiger partial charge in [0.15, 0.2) is 0 Å². The molecular weight excluding hydrogens is 180 g/mol. The van der Waals surface area contributed by atoms with Gasteiger partial charge in [0.05, 0.1) is 6.61 Å². The highest BCUT2D eigenvalue weighted by atomic mass is 16.5. The molecule has 1 saturated heterocycles. The standard InChI is InChI=1S/C10H20N2O2/c1-2-14-8-7-12-5-3-9(4-6-12)10(11)13/h9H,2-8H2,1H3,(H2,11,13). The van der Waals surface area contributed by atoms with E-state index >= 15 is 0 Å². The fraction of sp³-hybridized carbons (Fsp3) is 0.900. The zero-order valence-corrected chi connectivity index (χ0v) is 8.87. The van der Waals surface area contributed by atoms with E-state index in [1.54, 1.807) is 0 Å². The van der Waals surface area contributed by atoms with Gasteiger partial charge < -0.3 is 15.4 Å². The lowest BCUT2D eigenvalue weighted by molar-refractivity contribution is -0.123. The maximum Gasteiger partial charge on any atom is 0.220 e. The molecule has 0 aliphatic carbocycles. The summed E-state index contributed by atoms with van der Waals surface area (Å²) in [5, 5.41) is 0. The summed E-state index contributed by atoms with van der Waals surface area (Å²) >= 11 is 0. The fourth-order valence-corrected chi connectivity index (χ4v) is 1.78. The molecule has 1 aliphatic heterocycles. The van der Waals surface area contributed by atoms with Gasteiger partial charge in [-0.25, -0.2) is 0 Å². The number of ether oxygens (including phenoxy) is 1. The third-order valence-electron chi connectivity index (χ3n) is 2.75. The van der Waals surface area contributed by atoms with Gasteiger partial charge in [-0.1, -0.05) is 0 Å². The number of carbonyl (C=O) groups is 1. The molecule has 1 rings (SSSR count). The average molecular weight is 200 g/mol. The second-order valence-electron chi connectivity index (χ2n) is 3.72. The molecule has 0 unspecified atom stereocenters. The van der Waals surface area contributed by atoms with Crippen LogP contribution in [0, 0.1) is 5.92 Å². The third kappa shape index (κ3) is 3.64. The first-order valence-electron chi connectivity index (χ1n) is 5.33. The van der Waals surface area contributed by atoms with Crippen molar-refractivity contribution in [2.24, 2.45) is 11.7 Å². The molecule has 0 radical (unpaired) electrons. The van der Waals surface area contributed by atoms with E-state index in [1.807, 2.05) is 6.92 Å². The maximum atomic E-state index is 10.9. The highest BCUT2D eigenvalue weighted by Crippen LogP contribution is 2.15. The SMILES string of the molecule is CCOCCN1CCC(C(N)=O)CC1. The lowest BCUT2D eigenvalue weighted by atomic mass is 9.96. The van der Waals surface area contributed by atoms with Crippen LogP contribution in [0.25, 0.3) is 0 Å². The summed E-state index contributed by atoms with van der Waals surface area (Å²) in [4.78, 5) is 13.2. The monoisotopic (exact) mass is 200 g/mol. The Bertz CT molecular complexity index is 177. The Morgan fingerprint density at radius 3 is 2.64 bits per heavy atom. The Labute approximate surface area is 85.4 Å². The van der Waals surface area contributed by atoms with Gasteiger partial charge >= 0.3 is 0 Å². The number of nitrogens with two attached hydrogens (primary N) is 1. The van der Waals surface area contributed by atoms with Crippen LogP contribution in [0.5, 0.6) is 0 Å². The van der Waals surface area contributed by atoms with Gasteiger partial charge in [-0.3, -0.25) is 4.79 Å². The number of nitrogens with zero attached hydrogens (tertiary/aromatic N) is 1. The van der Waals surface area contributed by atoms with E-state index in [-0.39, 0.29) is 11.8 Å². The fourth-order valence-electron chi connectivity index (χ4n) is 1.78. The molecule has 0 aromatic rings. The number of hydrogen-bond donors (Lipinski definition) is 1. The number of hydrogen-bond acceptors (Lipinski definition) is 3. The van der Waals surface area contributed by atoms with Crippen LogP contribution in [-0.2, 0) is 9.53 Å². The lowest BCUT2D eigenvalue weighted by Crippen LogP contribution is -2.39. The Hall–Kier alpha value is -0.610. The first-order chi connectivity index (χ1) is 6.74. The molecule has 1 fully saturated rings. The Balaban J connectivity index is 2.12. The molecule has 82 valence electrons. The van der Waals surface area contributed by atoms with E-state index in [1.165, 1.54) is 0 Å². The zero-order valence-electron chi connectivity index (χ0n) is 8.87. The lowest BCUT2D eigenvalue weighted by Gasteiger charge is -2.30. The summed E-state index contributed by atoms with van der Waals surface area (Å²) in [7, 11) is 0. The largest absolute Gasteiger partial charge is 0.380 e. The summed E-state index contributed by atoms with van der Waals surface area (Å²) in [6.07, 6.45) is 1.81. The average Bonchev–Trinajstić information content (AvgIpc) is 2.19. The highest BCUT2D eigenvalue weighted by Gasteiger charge is 2.22. The van der Waals surface area contributed by atoms with Crippen molar-refractivity contribution in [2.45, 2.75) is 19.8 Å². The number of piperidine rings is 1. The van der Waals surface area contributed by atoms with Crippen LogP contribution in [0.4, 0.5) is 0 Å². The van der Waals surface area contributed by atoms with Crippen molar-refractivity contribution in [3.63, 3.8) is 0 Å². The molecule has 1 amide bonds. The topological polar surface area (TPSA) is 55.6 Å². The molecule has 1 aliphatic rings. The van der Waals surface area contributed by atoms with Gasteiger partial charge in [0.2, 0.25) is 5.91 Å². The van der Waals surface area contributed by atoms with Crippen molar-refractivity contribution in [2.75, 3.05) is 32.8 Å². The number of primary amides is 1. The van der Waals surface area contributed by atoms with E-state index in [0.29, 0.717) is 0 Å². The summed E-state index contributed by atoms with van der Waals surface area (Å²) < 4.78 is 5.28.